The van der Waals surface area contributed by atoms with E-state index in [4.69, 9.17) is 11.6 Å². The second kappa shape index (κ2) is 8.60. The van der Waals surface area contributed by atoms with E-state index in [0.29, 0.717) is 22.8 Å². The number of ketones is 1. The molecule has 0 unspecified atom stereocenters. The largest absolute Gasteiger partial charge is 0.313 e. The van der Waals surface area contributed by atoms with E-state index in [9.17, 15) is 13.2 Å². The molecule has 3 aromatic carbocycles. The van der Waals surface area contributed by atoms with Gasteiger partial charge in [-0.15, -0.1) is 0 Å². The lowest BCUT2D eigenvalue weighted by molar-refractivity contribution is 0.103. The van der Waals surface area contributed by atoms with Crippen LogP contribution in [0.5, 0.6) is 0 Å². The molecule has 4 rings (SSSR count). The maximum absolute atomic E-state index is 13.2. The van der Waals surface area contributed by atoms with Crippen LogP contribution in [0.2, 0.25) is 5.02 Å². The summed E-state index contributed by atoms with van der Waals surface area (Å²) in [6, 6.07) is 18.3. The zero-order valence-electron chi connectivity index (χ0n) is 16.2. The maximum atomic E-state index is 13.2. The van der Waals surface area contributed by atoms with Gasteiger partial charge in [0.05, 0.1) is 4.90 Å². The van der Waals surface area contributed by atoms with Gasteiger partial charge in [0.2, 0.25) is 0 Å². The van der Waals surface area contributed by atoms with E-state index < -0.39 is 15.8 Å². The van der Waals surface area contributed by atoms with Crippen molar-refractivity contribution in [3.8, 4) is 0 Å². The number of benzene rings is 3. The lowest BCUT2D eigenvalue weighted by Gasteiger charge is -2.14. The molecule has 2 N–H and O–H groups in total. The van der Waals surface area contributed by atoms with Crippen LogP contribution >= 0.6 is 11.6 Å². The molecule has 0 fully saturated rings. The van der Waals surface area contributed by atoms with Crippen LogP contribution in [0.15, 0.2) is 71.6 Å². The van der Waals surface area contributed by atoms with Gasteiger partial charge in [-0.2, -0.15) is 0 Å². The summed E-state index contributed by atoms with van der Waals surface area (Å²) in [5.41, 5.74) is 3.19. The van der Waals surface area contributed by atoms with Gasteiger partial charge >= 0.3 is 0 Å². The standard InChI is InChI=1S/C23H21ClN2O3S/c24-19-9-11-22(21(14-19)23(27)17-5-2-1-3-6-17)30(28,29)26-20-10-8-16-7-4-12-25-15-18(16)13-20/h1-3,5-6,8-11,13-14,25-26H,4,7,12,15H2. The van der Waals surface area contributed by atoms with Gasteiger partial charge in [-0.3, -0.25) is 9.52 Å². The lowest BCUT2D eigenvalue weighted by atomic mass is 10.0. The van der Waals surface area contributed by atoms with Crippen LogP contribution in [0.25, 0.3) is 0 Å². The molecule has 7 heteroatoms. The number of hydrogen-bond donors (Lipinski definition) is 2. The third kappa shape index (κ3) is 4.41. The molecule has 0 aromatic heterocycles. The summed E-state index contributed by atoms with van der Waals surface area (Å²) >= 11 is 6.08. The minimum absolute atomic E-state index is 0.0395. The third-order valence-corrected chi connectivity index (χ3v) is 6.76. The van der Waals surface area contributed by atoms with E-state index in [2.05, 4.69) is 10.0 Å². The molecule has 0 saturated carbocycles. The summed E-state index contributed by atoms with van der Waals surface area (Å²) in [5.74, 6) is -0.399. The van der Waals surface area contributed by atoms with E-state index in [0.717, 1.165) is 24.9 Å². The topological polar surface area (TPSA) is 75.3 Å². The number of aryl methyl sites for hydroxylation is 1. The van der Waals surface area contributed by atoms with Crippen molar-refractivity contribution < 1.29 is 13.2 Å². The maximum Gasteiger partial charge on any atom is 0.262 e. The van der Waals surface area contributed by atoms with Crippen molar-refractivity contribution in [2.45, 2.75) is 24.3 Å². The Morgan fingerprint density at radius 2 is 1.77 bits per heavy atom. The van der Waals surface area contributed by atoms with Crippen molar-refractivity contribution in [1.29, 1.82) is 0 Å². The van der Waals surface area contributed by atoms with Crippen molar-refractivity contribution >= 4 is 33.1 Å². The molecule has 0 bridgehead atoms. The van der Waals surface area contributed by atoms with Crippen LogP contribution in [0.3, 0.4) is 0 Å². The van der Waals surface area contributed by atoms with Crippen molar-refractivity contribution in [1.82, 2.24) is 5.32 Å². The fourth-order valence-electron chi connectivity index (χ4n) is 3.59. The first kappa shape index (κ1) is 20.6. The van der Waals surface area contributed by atoms with E-state index >= 15 is 0 Å². The van der Waals surface area contributed by atoms with Crippen LogP contribution in [0, 0.1) is 0 Å². The number of carbonyl (C=O) groups is 1. The Balaban J connectivity index is 1.70. The zero-order chi connectivity index (χ0) is 21.1. The van der Waals surface area contributed by atoms with E-state index in [1.807, 2.05) is 12.1 Å². The molecule has 0 spiro atoms. The molecule has 154 valence electrons. The van der Waals surface area contributed by atoms with Crippen molar-refractivity contribution in [3.05, 3.63) is 94.0 Å². The highest BCUT2D eigenvalue weighted by Gasteiger charge is 2.24. The van der Waals surface area contributed by atoms with Crippen molar-refractivity contribution in [3.63, 3.8) is 0 Å². The first-order valence-corrected chi connectivity index (χ1v) is 11.5. The lowest BCUT2D eigenvalue weighted by Crippen LogP contribution is -2.18. The van der Waals surface area contributed by atoms with Crippen LogP contribution in [0.4, 0.5) is 5.69 Å². The van der Waals surface area contributed by atoms with Crippen molar-refractivity contribution in [2.24, 2.45) is 0 Å². The Morgan fingerprint density at radius 3 is 2.57 bits per heavy atom. The molecule has 30 heavy (non-hydrogen) atoms. The molecule has 5 nitrogen and oxygen atoms in total. The summed E-state index contributed by atoms with van der Waals surface area (Å²) in [4.78, 5) is 12.9. The van der Waals surface area contributed by atoms with Gasteiger partial charge in [0.25, 0.3) is 10.0 Å². The van der Waals surface area contributed by atoms with Gasteiger partial charge < -0.3 is 5.32 Å². The Kier molecular flexibility index (Phi) is 5.90. The van der Waals surface area contributed by atoms with Crippen LogP contribution in [-0.2, 0) is 23.0 Å². The summed E-state index contributed by atoms with van der Waals surface area (Å²) in [5, 5.41) is 3.63. The van der Waals surface area contributed by atoms with Crippen LogP contribution in [0.1, 0.15) is 33.5 Å². The minimum Gasteiger partial charge on any atom is -0.313 e. The molecular formula is C23H21ClN2O3S. The highest BCUT2D eigenvalue weighted by atomic mass is 35.5. The number of anilines is 1. The summed E-state index contributed by atoms with van der Waals surface area (Å²) < 4.78 is 29.0. The monoisotopic (exact) mass is 440 g/mol. The van der Waals surface area contributed by atoms with Gasteiger partial charge in [0, 0.05) is 28.4 Å². The molecule has 0 aliphatic carbocycles. The van der Waals surface area contributed by atoms with Crippen LogP contribution < -0.4 is 10.0 Å². The normalized spacial score (nSPS) is 13.9. The number of sulfonamides is 1. The SMILES string of the molecule is O=C(c1ccccc1)c1cc(Cl)ccc1S(=O)(=O)Nc1ccc2c(c1)CNCCC2. The fraction of sp³-hybridized carbons (Fsp3) is 0.174. The second-order valence-electron chi connectivity index (χ2n) is 7.20. The molecule has 0 saturated heterocycles. The molecule has 0 atom stereocenters. The smallest absolute Gasteiger partial charge is 0.262 e. The number of rotatable bonds is 5. The predicted octanol–water partition coefficient (Wildman–Crippen LogP) is 4.41. The number of carbonyl (C=O) groups excluding carboxylic acids is 1. The predicted molar refractivity (Wildman–Crippen MR) is 119 cm³/mol. The molecule has 1 aliphatic heterocycles. The van der Waals surface area contributed by atoms with E-state index in [-0.39, 0.29) is 10.5 Å². The van der Waals surface area contributed by atoms with E-state index in [1.54, 1.807) is 36.4 Å². The van der Waals surface area contributed by atoms with Gasteiger partial charge in [0.15, 0.2) is 5.78 Å². The Labute approximate surface area is 181 Å². The summed E-state index contributed by atoms with van der Waals surface area (Å²) in [6.45, 7) is 1.63. The number of fused-ring (bicyclic) bond motifs is 1. The quantitative estimate of drug-likeness (QED) is 0.576. The average molecular weight is 441 g/mol. The highest BCUT2D eigenvalue weighted by molar-refractivity contribution is 7.92. The van der Waals surface area contributed by atoms with E-state index in [1.165, 1.54) is 23.8 Å². The van der Waals surface area contributed by atoms with Gasteiger partial charge in [0.1, 0.15) is 0 Å². The number of hydrogen-bond acceptors (Lipinski definition) is 4. The Hall–Kier alpha value is -2.67. The minimum atomic E-state index is -4.00. The number of halogens is 1. The van der Waals surface area contributed by atoms with Gasteiger partial charge in [-0.05, 0) is 60.8 Å². The molecule has 1 aliphatic rings. The third-order valence-electron chi connectivity index (χ3n) is 5.09. The summed E-state index contributed by atoms with van der Waals surface area (Å²) in [7, 11) is -4.00. The molecule has 0 radical (unpaired) electrons. The Morgan fingerprint density at radius 1 is 0.967 bits per heavy atom. The summed E-state index contributed by atoms with van der Waals surface area (Å²) in [6.07, 6.45) is 2.01. The molecule has 3 aromatic rings. The highest BCUT2D eigenvalue weighted by Crippen LogP contribution is 2.27. The Bertz CT molecular complexity index is 1190. The first-order valence-electron chi connectivity index (χ1n) is 9.69. The molecular weight excluding hydrogens is 420 g/mol. The van der Waals surface area contributed by atoms with Crippen molar-refractivity contribution in [2.75, 3.05) is 11.3 Å². The fourth-order valence-corrected chi connectivity index (χ4v) is 5.00. The molecule has 1 heterocycles. The molecule has 0 amide bonds. The zero-order valence-corrected chi connectivity index (χ0v) is 17.8. The van der Waals surface area contributed by atoms with Gasteiger partial charge in [-0.25, -0.2) is 8.42 Å². The second-order valence-corrected chi connectivity index (χ2v) is 9.29. The first-order chi connectivity index (χ1) is 14.4. The van der Waals surface area contributed by atoms with Crippen LogP contribution in [-0.4, -0.2) is 20.7 Å². The average Bonchev–Trinajstić information content (AvgIpc) is 2.98. The number of nitrogens with one attached hydrogen (secondary N) is 2. The van der Waals surface area contributed by atoms with Gasteiger partial charge in [-0.1, -0.05) is 48.0 Å².